The Kier molecular flexibility index (Phi) is 13.6. The molecule has 0 unspecified atom stereocenters. The van der Waals surface area contributed by atoms with Gasteiger partial charge in [0.25, 0.3) is 0 Å². The van der Waals surface area contributed by atoms with E-state index < -0.39 is 72.2 Å². The first kappa shape index (κ1) is 36.0. The number of amides is 4. The van der Waals surface area contributed by atoms with Crippen LogP contribution in [0, 0.1) is 11.8 Å². The molecule has 2 rings (SSSR count). The van der Waals surface area contributed by atoms with E-state index in [2.05, 4.69) is 16.0 Å². The maximum atomic E-state index is 13.7. The summed E-state index contributed by atoms with van der Waals surface area (Å²) in [4.78, 5) is 77.5. The van der Waals surface area contributed by atoms with E-state index in [1.165, 1.54) is 17.0 Å². The van der Waals surface area contributed by atoms with Crippen molar-refractivity contribution in [1.29, 1.82) is 0 Å². The van der Waals surface area contributed by atoms with Crippen LogP contribution in [-0.2, 0) is 35.2 Å². The van der Waals surface area contributed by atoms with Gasteiger partial charge in [-0.1, -0.05) is 39.8 Å². The molecule has 14 heteroatoms. The summed E-state index contributed by atoms with van der Waals surface area (Å²) < 4.78 is 0. The van der Waals surface area contributed by atoms with Crippen molar-refractivity contribution < 1.29 is 44.1 Å². The number of likely N-dealkylation sites (tertiary alicyclic amines) is 1. The highest BCUT2D eigenvalue weighted by Gasteiger charge is 2.39. The molecule has 8 N–H and O–H groups in total. The van der Waals surface area contributed by atoms with Crippen LogP contribution >= 0.6 is 0 Å². The van der Waals surface area contributed by atoms with Crippen molar-refractivity contribution >= 4 is 35.6 Å². The molecule has 0 saturated carbocycles. The maximum absolute atomic E-state index is 13.7. The smallest absolute Gasteiger partial charge is 0.326 e. The minimum Gasteiger partial charge on any atom is -0.508 e. The second-order valence-corrected chi connectivity index (χ2v) is 11.9. The molecule has 14 nitrogen and oxygen atoms in total. The Balaban J connectivity index is 2.32. The highest BCUT2D eigenvalue weighted by atomic mass is 16.4. The Labute approximate surface area is 256 Å². The third-order valence-corrected chi connectivity index (χ3v) is 7.45. The lowest BCUT2D eigenvalue weighted by Gasteiger charge is -2.30. The van der Waals surface area contributed by atoms with Gasteiger partial charge in [-0.3, -0.25) is 24.0 Å². The van der Waals surface area contributed by atoms with Crippen molar-refractivity contribution in [2.75, 3.05) is 6.54 Å². The summed E-state index contributed by atoms with van der Waals surface area (Å²) >= 11 is 0. The number of hydrogen-bond donors (Lipinski definition) is 7. The van der Waals surface area contributed by atoms with Crippen molar-refractivity contribution in [1.82, 2.24) is 20.9 Å². The Morgan fingerprint density at radius 3 is 2.00 bits per heavy atom. The predicted molar refractivity (Wildman–Crippen MR) is 159 cm³/mol. The van der Waals surface area contributed by atoms with E-state index in [1.807, 2.05) is 13.8 Å². The molecule has 4 amide bonds. The van der Waals surface area contributed by atoms with E-state index in [-0.39, 0.29) is 49.8 Å². The Morgan fingerprint density at radius 1 is 0.886 bits per heavy atom. The number of rotatable bonds is 16. The van der Waals surface area contributed by atoms with E-state index >= 15 is 0 Å². The number of carbonyl (C=O) groups excluding carboxylic acids is 4. The van der Waals surface area contributed by atoms with Gasteiger partial charge in [0.15, 0.2) is 0 Å². The molecule has 1 saturated heterocycles. The molecule has 1 aromatic carbocycles. The maximum Gasteiger partial charge on any atom is 0.326 e. The van der Waals surface area contributed by atoms with Gasteiger partial charge in [0, 0.05) is 19.4 Å². The lowest BCUT2D eigenvalue weighted by molar-refractivity contribution is -0.149. The number of carbonyl (C=O) groups is 6. The lowest BCUT2D eigenvalue weighted by atomic mass is 9.99. The molecule has 1 aliphatic rings. The van der Waals surface area contributed by atoms with Gasteiger partial charge in [-0.15, -0.1) is 0 Å². The van der Waals surface area contributed by atoms with Crippen LogP contribution < -0.4 is 21.7 Å². The summed E-state index contributed by atoms with van der Waals surface area (Å²) in [7, 11) is 0. The van der Waals surface area contributed by atoms with Crippen molar-refractivity contribution in [3.05, 3.63) is 29.8 Å². The SMILES string of the molecule is CC(C)C[C@H](NC(=O)[C@H](CCC(=O)O)NC(=O)[C@@H](N)C(C)C)C(=O)N[C@@H](Cc1ccc(O)cc1)C(=O)N1CCC[C@H]1C(=O)O. The molecule has 5 atom stereocenters. The fourth-order valence-corrected chi connectivity index (χ4v) is 4.91. The number of benzene rings is 1. The summed E-state index contributed by atoms with van der Waals surface area (Å²) in [6.45, 7) is 7.27. The van der Waals surface area contributed by atoms with Gasteiger partial charge in [0.2, 0.25) is 23.6 Å². The zero-order valence-corrected chi connectivity index (χ0v) is 25.6. The first-order valence-electron chi connectivity index (χ1n) is 14.8. The molecule has 0 spiro atoms. The summed E-state index contributed by atoms with van der Waals surface area (Å²) in [6, 6.07) is 0.359. The van der Waals surface area contributed by atoms with Crippen LogP contribution in [0.5, 0.6) is 5.75 Å². The number of carboxylic acids is 2. The first-order valence-corrected chi connectivity index (χ1v) is 14.8. The molecule has 0 aromatic heterocycles. The molecule has 1 aliphatic heterocycles. The standard InChI is InChI=1S/C30H45N5O9/c1-16(2)14-21(33-26(39)20(11-12-24(37)38)32-28(41)25(31)17(3)4)27(40)34-22(15-18-7-9-19(36)10-8-18)29(42)35-13-5-6-23(35)30(43)44/h7-10,16-17,20-23,25,36H,5-6,11-15,31H2,1-4H3,(H,32,41)(H,33,39)(H,34,40)(H,37,38)(H,43,44)/t20-,21-,22-,23-,25-/m0/s1. The monoisotopic (exact) mass is 619 g/mol. The second-order valence-electron chi connectivity index (χ2n) is 11.9. The fourth-order valence-electron chi connectivity index (χ4n) is 4.91. The third kappa shape index (κ3) is 10.8. The number of nitrogens with zero attached hydrogens (tertiary/aromatic N) is 1. The zero-order chi connectivity index (χ0) is 33.1. The Morgan fingerprint density at radius 2 is 1.45 bits per heavy atom. The number of nitrogens with two attached hydrogens (primary N) is 1. The molecule has 0 bridgehead atoms. The molecule has 1 heterocycles. The van der Waals surface area contributed by atoms with Crippen LogP contribution in [0.15, 0.2) is 24.3 Å². The fraction of sp³-hybridized carbons (Fsp3) is 0.600. The molecule has 244 valence electrons. The van der Waals surface area contributed by atoms with E-state index in [0.717, 1.165) is 0 Å². The lowest BCUT2D eigenvalue weighted by Crippen LogP contribution is -2.59. The number of phenols is 1. The van der Waals surface area contributed by atoms with Crippen LogP contribution in [0.3, 0.4) is 0 Å². The Hall–Kier alpha value is -4.20. The average molecular weight is 620 g/mol. The quantitative estimate of drug-likeness (QED) is 0.134. The molecule has 1 fully saturated rings. The van der Waals surface area contributed by atoms with Crippen LogP contribution in [0.2, 0.25) is 0 Å². The van der Waals surface area contributed by atoms with Crippen LogP contribution in [0.25, 0.3) is 0 Å². The largest absolute Gasteiger partial charge is 0.508 e. The van der Waals surface area contributed by atoms with Crippen LogP contribution in [0.1, 0.15) is 65.4 Å². The van der Waals surface area contributed by atoms with Crippen molar-refractivity contribution in [3.8, 4) is 5.75 Å². The van der Waals surface area contributed by atoms with E-state index in [9.17, 15) is 44.1 Å². The van der Waals surface area contributed by atoms with Crippen LogP contribution in [0.4, 0.5) is 0 Å². The van der Waals surface area contributed by atoms with Gasteiger partial charge in [-0.2, -0.15) is 0 Å². The van der Waals surface area contributed by atoms with Gasteiger partial charge >= 0.3 is 11.9 Å². The van der Waals surface area contributed by atoms with Crippen molar-refractivity contribution in [2.45, 2.75) is 96.4 Å². The van der Waals surface area contributed by atoms with Gasteiger partial charge in [-0.25, -0.2) is 4.79 Å². The molecular weight excluding hydrogens is 574 g/mol. The Bertz CT molecular complexity index is 1190. The van der Waals surface area contributed by atoms with Crippen molar-refractivity contribution in [3.63, 3.8) is 0 Å². The number of aromatic hydroxyl groups is 1. The average Bonchev–Trinajstić information content (AvgIpc) is 3.44. The molecule has 0 radical (unpaired) electrons. The highest BCUT2D eigenvalue weighted by Crippen LogP contribution is 2.21. The molecule has 44 heavy (non-hydrogen) atoms. The summed E-state index contributed by atoms with van der Waals surface area (Å²) in [5, 5.41) is 36.3. The minimum atomic E-state index is -1.29. The third-order valence-electron chi connectivity index (χ3n) is 7.45. The van der Waals surface area contributed by atoms with Gasteiger partial charge < -0.3 is 41.9 Å². The summed E-state index contributed by atoms with van der Waals surface area (Å²) in [5.74, 6) is -5.43. The number of nitrogens with one attached hydrogen (secondary N) is 3. The number of carboxylic acid groups (broad SMARTS) is 2. The van der Waals surface area contributed by atoms with Crippen molar-refractivity contribution in [2.24, 2.45) is 17.6 Å². The minimum absolute atomic E-state index is 0.00440. The number of phenolic OH excluding ortho intramolecular Hbond substituents is 1. The van der Waals surface area contributed by atoms with Gasteiger partial charge in [0.05, 0.1) is 6.04 Å². The number of hydrogen-bond acceptors (Lipinski definition) is 8. The zero-order valence-electron chi connectivity index (χ0n) is 25.6. The van der Waals surface area contributed by atoms with Gasteiger partial charge in [-0.05, 0) is 55.2 Å². The van der Waals surface area contributed by atoms with E-state index in [0.29, 0.717) is 12.0 Å². The summed E-state index contributed by atoms with van der Waals surface area (Å²) in [6.07, 6.45) is 0.210. The molecule has 1 aromatic rings. The summed E-state index contributed by atoms with van der Waals surface area (Å²) in [5.41, 5.74) is 6.50. The topological polar surface area (TPSA) is 228 Å². The molecular formula is C30H45N5O9. The van der Waals surface area contributed by atoms with Crippen LogP contribution in [-0.4, -0.2) is 92.5 Å². The molecule has 0 aliphatic carbocycles. The normalized spacial score (nSPS) is 17.4. The number of aliphatic carboxylic acids is 2. The highest BCUT2D eigenvalue weighted by molar-refractivity contribution is 5.95. The van der Waals surface area contributed by atoms with E-state index in [4.69, 9.17) is 5.73 Å². The van der Waals surface area contributed by atoms with E-state index in [1.54, 1.807) is 26.0 Å². The predicted octanol–water partition coefficient (Wildman–Crippen LogP) is 0.359. The second kappa shape index (κ2) is 16.6. The first-order chi connectivity index (χ1) is 20.6. The van der Waals surface area contributed by atoms with Gasteiger partial charge in [0.1, 0.15) is 29.9 Å².